The summed E-state index contributed by atoms with van der Waals surface area (Å²) in [6, 6.07) is 9.80. The predicted octanol–water partition coefficient (Wildman–Crippen LogP) is 4.32. The van der Waals surface area contributed by atoms with Crippen molar-refractivity contribution in [3.8, 4) is 5.75 Å². The predicted molar refractivity (Wildman–Crippen MR) is 84.7 cm³/mol. The molecule has 106 valence electrons. The highest BCUT2D eigenvalue weighted by Gasteiger charge is 2.15. The van der Waals surface area contributed by atoms with E-state index in [0.717, 1.165) is 22.4 Å². The van der Waals surface area contributed by atoms with Crippen LogP contribution in [0.15, 0.2) is 30.3 Å². The SMILES string of the molecule is COc1cc(C(N)c2cc(C)c(C)cc2Cl)ccc1C. The molecule has 2 aromatic rings. The second-order valence-corrected chi connectivity index (χ2v) is 5.57. The first-order valence-electron chi connectivity index (χ1n) is 6.60. The first-order chi connectivity index (χ1) is 9.43. The van der Waals surface area contributed by atoms with Crippen LogP contribution in [0.4, 0.5) is 0 Å². The van der Waals surface area contributed by atoms with Crippen LogP contribution in [-0.2, 0) is 0 Å². The number of hydrogen-bond donors (Lipinski definition) is 1. The van der Waals surface area contributed by atoms with Gasteiger partial charge in [0.25, 0.3) is 0 Å². The third-order valence-corrected chi connectivity index (χ3v) is 4.07. The number of rotatable bonds is 3. The van der Waals surface area contributed by atoms with E-state index in [0.29, 0.717) is 5.02 Å². The highest BCUT2D eigenvalue weighted by Crippen LogP contribution is 2.31. The lowest BCUT2D eigenvalue weighted by atomic mass is 9.95. The van der Waals surface area contributed by atoms with E-state index in [1.807, 2.05) is 38.1 Å². The minimum atomic E-state index is -0.253. The molecule has 1 unspecified atom stereocenters. The van der Waals surface area contributed by atoms with Crippen molar-refractivity contribution >= 4 is 11.6 Å². The molecule has 0 amide bonds. The summed E-state index contributed by atoms with van der Waals surface area (Å²) in [5.74, 6) is 0.845. The maximum Gasteiger partial charge on any atom is 0.122 e. The first-order valence-corrected chi connectivity index (χ1v) is 6.98. The molecular weight excluding hydrogens is 270 g/mol. The van der Waals surface area contributed by atoms with Gasteiger partial charge < -0.3 is 10.5 Å². The Morgan fingerprint density at radius 2 is 1.65 bits per heavy atom. The zero-order valence-corrected chi connectivity index (χ0v) is 13.1. The highest BCUT2D eigenvalue weighted by molar-refractivity contribution is 6.31. The first kappa shape index (κ1) is 14.9. The Kier molecular flexibility index (Phi) is 4.36. The molecule has 0 aliphatic heterocycles. The topological polar surface area (TPSA) is 35.2 Å². The number of nitrogens with two attached hydrogens (primary N) is 1. The summed E-state index contributed by atoms with van der Waals surface area (Å²) < 4.78 is 5.36. The van der Waals surface area contributed by atoms with Crippen molar-refractivity contribution in [1.82, 2.24) is 0 Å². The van der Waals surface area contributed by atoms with Gasteiger partial charge in [0.15, 0.2) is 0 Å². The summed E-state index contributed by atoms with van der Waals surface area (Å²) >= 11 is 6.34. The molecule has 0 spiro atoms. The van der Waals surface area contributed by atoms with Crippen molar-refractivity contribution in [3.05, 3.63) is 63.2 Å². The minimum Gasteiger partial charge on any atom is -0.496 e. The van der Waals surface area contributed by atoms with Crippen LogP contribution in [-0.4, -0.2) is 7.11 Å². The van der Waals surface area contributed by atoms with Crippen molar-refractivity contribution in [2.75, 3.05) is 7.11 Å². The molecule has 0 fully saturated rings. The molecule has 2 aromatic carbocycles. The van der Waals surface area contributed by atoms with E-state index in [1.54, 1.807) is 7.11 Å². The Hall–Kier alpha value is -1.51. The van der Waals surface area contributed by atoms with Crippen molar-refractivity contribution in [2.24, 2.45) is 5.73 Å². The normalized spacial score (nSPS) is 12.3. The Morgan fingerprint density at radius 3 is 2.30 bits per heavy atom. The van der Waals surface area contributed by atoms with Gasteiger partial charge in [0.1, 0.15) is 5.75 Å². The minimum absolute atomic E-state index is 0.253. The summed E-state index contributed by atoms with van der Waals surface area (Å²) in [4.78, 5) is 0. The number of benzene rings is 2. The molecule has 0 radical (unpaired) electrons. The molecule has 0 aliphatic carbocycles. The van der Waals surface area contributed by atoms with Crippen LogP contribution in [0.5, 0.6) is 5.75 Å². The van der Waals surface area contributed by atoms with Gasteiger partial charge in [-0.05, 0) is 60.7 Å². The fraction of sp³-hybridized carbons (Fsp3) is 0.294. The van der Waals surface area contributed by atoms with Gasteiger partial charge in [-0.3, -0.25) is 0 Å². The second-order valence-electron chi connectivity index (χ2n) is 5.16. The lowest BCUT2D eigenvalue weighted by Crippen LogP contribution is -2.13. The summed E-state index contributed by atoms with van der Waals surface area (Å²) in [6.45, 7) is 6.13. The van der Waals surface area contributed by atoms with Crippen molar-refractivity contribution in [2.45, 2.75) is 26.8 Å². The zero-order chi connectivity index (χ0) is 14.9. The van der Waals surface area contributed by atoms with E-state index in [-0.39, 0.29) is 6.04 Å². The van der Waals surface area contributed by atoms with E-state index in [1.165, 1.54) is 11.1 Å². The summed E-state index contributed by atoms with van der Waals surface area (Å²) in [6.07, 6.45) is 0. The largest absolute Gasteiger partial charge is 0.496 e. The van der Waals surface area contributed by atoms with Gasteiger partial charge >= 0.3 is 0 Å². The second kappa shape index (κ2) is 5.86. The average molecular weight is 290 g/mol. The molecule has 0 saturated heterocycles. The van der Waals surface area contributed by atoms with Crippen molar-refractivity contribution in [1.29, 1.82) is 0 Å². The average Bonchev–Trinajstić information content (AvgIpc) is 2.42. The third-order valence-electron chi connectivity index (χ3n) is 3.74. The van der Waals surface area contributed by atoms with Crippen LogP contribution in [0.1, 0.15) is 33.9 Å². The molecule has 0 saturated carbocycles. The Morgan fingerprint density at radius 1 is 1.00 bits per heavy atom. The summed E-state index contributed by atoms with van der Waals surface area (Å²) in [5.41, 5.74) is 11.8. The molecule has 1 atom stereocenters. The van der Waals surface area contributed by atoms with E-state index in [9.17, 15) is 0 Å². The van der Waals surface area contributed by atoms with Crippen LogP contribution in [0.25, 0.3) is 0 Å². The molecule has 0 heterocycles. The van der Waals surface area contributed by atoms with Gasteiger partial charge in [0.05, 0.1) is 13.2 Å². The van der Waals surface area contributed by atoms with Gasteiger partial charge in [-0.15, -0.1) is 0 Å². The van der Waals surface area contributed by atoms with Gasteiger partial charge in [-0.1, -0.05) is 29.8 Å². The Bertz CT molecular complexity index is 637. The van der Waals surface area contributed by atoms with E-state index in [4.69, 9.17) is 22.1 Å². The molecule has 2 N–H and O–H groups in total. The lowest BCUT2D eigenvalue weighted by molar-refractivity contribution is 0.411. The molecular formula is C17H20ClNO. The maximum absolute atomic E-state index is 6.37. The van der Waals surface area contributed by atoms with E-state index < -0.39 is 0 Å². The van der Waals surface area contributed by atoms with E-state index in [2.05, 4.69) is 13.0 Å². The van der Waals surface area contributed by atoms with E-state index >= 15 is 0 Å². The summed E-state index contributed by atoms with van der Waals surface area (Å²) in [5, 5.41) is 0.708. The third kappa shape index (κ3) is 2.82. The maximum atomic E-state index is 6.37. The fourth-order valence-electron chi connectivity index (χ4n) is 2.25. The monoisotopic (exact) mass is 289 g/mol. The molecule has 0 aliphatic rings. The van der Waals surface area contributed by atoms with Gasteiger partial charge in [-0.2, -0.15) is 0 Å². The molecule has 2 nitrogen and oxygen atoms in total. The number of ether oxygens (including phenoxy) is 1. The standard InChI is InChI=1S/C17H20ClNO/c1-10-5-6-13(9-16(10)20-4)17(19)14-7-11(2)12(3)8-15(14)18/h5-9,17H,19H2,1-4H3. The van der Waals surface area contributed by atoms with Gasteiger partial charge in [-0.25, -0.2) is 0 Å². The fourth-order valence-corrected chi connectivity index (χ4v) is 2.59. The number of halogens is 1. The van der Waals surface area contributed by atoms with Crippen LogP contribution in [0.3, 0.4) is 0 Å². The van der Waals surface area contributed by atoms with Crippen molar-refractivity contribution < 1.29 is 4.74 Å². The highest BCUT2D eigenvalue weighted by atomic mass is 35.5. The van der Waals surface area contributed by atoms with Crippen LogP contribution in [0.2, 0.25) is 5.02 Å². The number of aryl methyl sites for hydroxylation is 3. The molecule has 3 heteroatoms. The smallest absolute Gasteiger partial charge is 0.122 e. The number of hydrogen-bond acceptors (Lipinski definition) is 2. The van der Waals surface area contributed by atoms with Crippen LogP contribution < -0.4 is 10.5 Å². The van der Waals surface area contributed by atoms with Gasteiger partial charge in [0.2, 0.25) is 0 Å². The zero-order valence-electron chi connectivity index (χ0n) is 12.3. The molecule has 0 bridgehead atoms. The Balaban J connectivity index is 2.46. The molecule has 0 aromatic heterocycles. The lowest BCUT2D eigenvalue weighted by Gasteiger charge is -2.17. The number of methoxy groups -OCH3 is 1. The quantitative estimate of drug-likeness (QED) is 0.913. The molecule has 2 rings (SSSR count). The van der Waals surface area contributed by atoms with Crippen LogP contribution in [0, 0.1) is 20.8 Å². The van der Waals surface area contributed by atoms with Crippen LogP contribution >= 0.6 is 11.6 Å². The summed E-state index contributed by atoms with van der Waals surface area (Å²) in [7, 11) is 1.67. The van der Waals surface area contributed by atoms with Gasteiger partial charge in [0, 0.05) is 5.02 Å². The Labute approximate surface area is 125 Å². The molecule has 20 heavy (non-hydrogen) atoms. The van der Waals surface area contributed by atoms with Crippen molar-refractivity contribution in [3.63, 3.8) is 0 Å².